The smallest absolute Gasteiger partial charge is 0.220 e. The highest BCUT2D eigenvalue weighted by molar-refractivity contribution is 5.76. The van der Waals surface area contributed by atoms with E-state index in [9.17, 15) is 30.3 Å². The standard InChI is InChI=1S/C56H103NO8/c1-3-5-7-9-11-13-15-17-18-19-20-21-22-23-24-25-26-27-28-29-30-31-32-34-36-38-40-42-44-46-52(60)57-49(48-64-56-55(63)54(62)53(61)51(47-58)65-56)50(59)45-43-41-39-37-35-33-16-14-12-10-8-6-4-2/h5,7,11,13,17-18,20-21,49-51,53-56,58-59,61-63H,3-4,6,8-10,12,14-16,19,22-48H2,1-2H3,(H,57,60)/b7-5-,13-11-,18-17-,21-20-. The number of aliphatic hydroxyl groups excluding tert-OH is 5. The predicted octanol–water partition coefficient (Wildman–Crippen LogP) is 13.0. The number of carbonyl (C=O) groups excluding carboxylic acids is 1. The molecule has 65 heavy (non-hydrogen) atoms. The maximum absolute atomic E-state index is 13.0. The molecule has 380 valence electrons. The van der Waals surface area contributed by atoms with Crippen molar-refractivity contribution >= 4 is 5.91 Å². The first-order valence-corrected chi connectivity index (χ1v) is 27.3. The van der Waals surface area contributed by atoms with Gasteiger partial charge in [-0.3, -0.25) is 4.79 Å². The van der Waals surface area contributed by atoms with Gasteiger partial charge in [-0.15, -0.1) is 0 Å². The summed E-state index contributed by atoms with van der Waals surface area (Å²) in [6.07, 6.45) is 52.8. The monoisotopic (exact) mass is 918 g/mol. The van der Waals surface area contributed by atoms with E-state index in [4.69, 9.17) is 9.47 Å². The Hall–Kier alpha value is -1.85. The first-order valence-electron chi connectivity index (χ1n) is 27.3. The van der Waals surface area contributed by atoms with Crippen LogP contribution in [0.15, 0.2) is 48.6 Å². The second-order valence-electron chi connectivity index (χ2n) is 19.0. The van der Waals surface area contributed by atoms with E-state index >= 15 is 0 Å². The lowest BCUT2D eigenvalue weighted by Crippen LogP contribution is -2.60. The van der Waals surface area contributed by atoms with Crippen molar-refractivity contribution in [3.05, 3.63) is 48.6 Å². The molecule has 7 atom stereocenters. The van der Waals surface area contributed by atoms with Gasteiger partial charge in [0.2, 0.25) is 5.91 Å². The van der Waals surface area contributed by atoms with Gasteiger partial charge in [-0.25, -0.2) is 0 Å². The fourth-order valence-corrected chi connectivity index (χ4v) is 8.62. The second kappa shape index (κ2) is 45.9. The van der Waals surface area contributed by atoms with E-state index in [0.29, 0.717) is 12.8 Å². The molecular weight excluding hydrogens is 815 g/mol. The zero-order valence-electron chi connectivity index (χ0n) is 42.0. The van der Waals surface area contributed by atoms with Crippen LogP contribution in [-0.4, -0.2) is 87.5 Å². The Morgan fingerprint density at radius 3 is 1.42 bits per heavy atom. The number of rotatable bonds is 46. The Bertz CT molecular complexity index is 1160. The predicted molar refractivity (Wildman–Crippen MR) is 272 cm³/mol. The molecule has 0 bridgehead atoms. The van der Waals surface area contributed by atoms with Crippen LogP contribution < -0.4 is 5.32 Å². The molecule has 7 unspecified atom stereocenters. The summed E-state index contributed by atoms with van der Waals surface area (Å²) < 4.78 is 11.3. The number of carbonyl (C=O) groups is 1. The van der Waals surface area contributed by atoms with Crippen molar-refractivity contribution in [1.29, 1.82) is 0 Å². The third kappa shape index (κ3) is 35.9. The molecule has 1 heterocycles. The van der Waals surface area contributed by atoms with Crippen molar-refractivity contribution in [3.8, 4) is 0 Å². The molecule has 0 radical (unpaired) electrons. The van der Waals surface area contributed by atoms with Gasteiger partial charge in [-0.2, -0.15) is 0 Å². The average molecular weight is 918 g/mol. The minimum atomic E-state index is -1.55. The lowest BCUT2D eigenvalue weighted by atomic mass is 9.99. The molecule has 9 heteroatoms. The van der Waals surface area contributed by atoms with Gasteiger partial charge in [0.15, 0.2) is 6.29 Å². The van der Waals surface area contributed by atoms with Crippen molar-refractivity contribution in [2.24, 2.45) is 0 Å². The third-order valence-electron chi connectivity index (χ3n) is 12.9. The van der Waals surface area contributed by atoms with Crippen LogP contribution in [0.4, 0.5) is 0 Å². The quantitative estimate of drug-likeness (QED) is 0.0261. The number of hydrogen-bond donors (Lipinski definition) is 6. The van der Waals surface area contributed by atoms with Crippen molar-refractivity contribution in [2.45, 2.75) is 288 Å². The van der Waals surface area contributed by atoms with Crippen LogP contribution in [0, 0.1) is 0 Å². The highest BCUT2D eigenvalue weighted by Gasteiger charge is 2.44. The summed E-state index contributed by atoms with van der Waals surface area (Å²) in [5.74, 6) is -0.144. The van der Waals surface area contributed by atoms with Gasteiger partial charge in [0.25, 0.3) is 0 Å². The van der Waals surface area contributed by atoms with Crippen molar-refractivity contribution in [2.75, 3.05) is 13.2 Å². The normalized spacial score (nSPS) is 20.3. The first kappa shape index (κ1) is 61.2. The maximum Gasteiger partial charge on any atom is 0.220 e. The van der Waals surface area contributed by atoms with Gasteiger partial charge in [-0.05, 0) is 51.4 Å². The zero-order chi connectivity index (χ0) is 47.3. The molecule has 0 aromatic rings. The summed E-state index contributed by atoms with van der Waals surface area (Å²) in [6, 6.07) is -0.718. The largest absolute Gasteiger partial charge is 0.394 e. The number of nitrogens with one attached hydrogen (secondary N) is 1. The van der Waals surface area contributed by atoms with Gasteiger partial charge in [0.05, 0.1) is 25.4 Å². The number of allylic oxidation sites excluding steroid dienone is 8. The number of unbranched alkanes of at least 4 members (excludes halogenated alkanes) is 28. The zero-order valence-corrected chi connectivity index (χ0v) is 42.0. The Morgan fingerprint density at radius 1 is 0.538 bits per heavy atom. The molecule has 1 saturated heterocycles. The van der Waals surface area contributed by atoms with Crippen molar-refractivity contribution in [3.63, 3.8) is 0 Å². The summed E-state index contributed by atoms with van der Waals surface area (Å²) in [5.41, 5.74) is 0. The summed E-state index contributed by atoms with van der Waals surface area (Å²) in [7, 11) is 0. The molecule has 1 aliphatic heterocycles. The van der Waals surface area contributed by atoms with E-state index in [1.165, 1.54) is 154 Å². The Morgan fingerprint density at radius 2 is 0.954 bits per heavy atom. The van der Waals surface area contributed by atoms with Crippen molar-refractivity contribution in [1.82, 2.24) is 5.32 Å². The van der Waals surface area contributed by atoms with E-state index < -0.39 is 49.5 Å². The minimum Gasteiger partial charge on any atom is -0.394 e. The fourth-order valence-electron chi connectivity index (χ4n) is 8.62. The Balaban J connectivity index is 2.15. The average Bonchev–Trinajstić information content (AvgIpc) is 3.31. The first-order chi connectivity index (χ1) is 31.8. The second-order valence-corrected chi connectivity index (χ2v) is 19.0. The van der Waals surface area contributed by atoms with Gasteiger partial charge in [0, 0.05) is 6.42 Å². The van der Waals surface area contributed by atoms with Crippen LogP contribution in [0.3, 0.4) is 0 Å². The molecular formula is C56H103NO8. The third-order valence-corrected chi connectivity index (χ3v) is 12.9. The molecule has 0 aromatic heterocycles. The molecule has 1 rings (SSSR count). The highest BCUT2D eigenvalue weighted by Crippen LogP contribution is 2.23. The molecule has 1 aliphatic rings. The number of hydrogen-bond acceptors (Lipinski definition) is 8. The lowest BCUT2D eigenvalue weighted by molar-refractivity contribution is -0.302. The van der Waals surface area contributed by atoms with Crippen LogP contribution in [-0.2, 0) is 14.3 Å². The van der Waals surface area contributed by atoms with Crippen LogP contribution in [0.5, 0.6) is 0 Å². The number of amides is 1. The molecule has 1 amide bonds. The summed E-state index contributed by atoms with van der Waals surface area (Å²) in [5, 5.41) is 54.5. The number of ether oxygens (including phenoxy) is 2. The highest BCUT2D eigenvalue weighted by atomic mass is 16.7. The maximum atomic E-state index is 13.0. The fraction of sp³-hybridized carbons (Fsp3) is 0.839. The van der Waals surface area contributed by atoms with Crippen LogP contribution in [0.2, 0.25) is 0 Å². The molecule has 0 aromatic carbocycles. The van der Waals surface area contributed by atoms with Crippen LogP contribution in [0.25, 0.3) is 0 Å². The number of aliphatic hydroxyl groups is 5. The molecule has 1 fully saturated rings. The topological polar surface area (TPSA) is 149 Å². The molecule has 6 N–H and O–H groups in total. The van der Waals surface area contributed by atoms with Gasteiger partial charge >= 0.3 is 0 Å². The van der Waals surface area contributed by atoms with Gasteiger partial charge < -0.3 is 40.3 Å². The van der Waals surface area contributed by atoms with E-state index in [2.05, 4.69) is 67.8 Å². The van der Waals surface area contributed by atoms with Gasteiger partial charge in [0.1, 0.15) is 24.4 Å². The summed E-state index contributed by atoms with van der Waals surface area (Å²) in [4.78, 5) is 13.0. The van der Waals surface area contributed by atoms with E-state index in [-0.39, 0.29) is 12.5 Å². The van der Waals surface area contributed by atoms with Crippen LogP contribution >= 0.6 is 0 Å². The molecule has 0 aliphatic carbocycles. The Kier molecular flexibility index (Phi) is 43.2. The Labute approximate surface area is 399 Å². The van der Waals surface area contributed by atoms with E-state index in [1.54, 1.807) is 0 Å². The molecule has 0 spiro atoms. The van der Waals surface area contributed by atoms with Crippen molar-refractivity contribution < 1.29 is 39.8 Å². The minimum absolute atomic E-state index is 0.137. The molecule has 9 nitrogen and oxygen atoms in total. The van der Waals surface area contributed by atoms with Crippen LogP contribution in [0.1, 0.15) is 245 Å². The van der Waals surface area contributed by atoms with Gasteiger partial charge in [-0.1, -0.05) is 236 Å². The lowest BCUT2D eigenvalue weighted by Gasteiger charge is -2.40. The van der Waals surface area contributed by atoms with E-state index in [1.807, 2.05) is 0 Å². The SMILES string of the molecule is CC/C=C\C/C=C\C/C=C\C/C=C\CCCCCCCCCCCCCCCCCCC(=O)NC(COC1OC(CO)C(O)C(O)C1O)C(O)CCCCCCCCCCCCCCC. The molecule has 0 saturated carbocycles. The summed E-state index contributed by atoms with van der Waals surface area (Å²) in [6.45, 7) is 3.73. The summed E-state index contributed by atoms with van der Waals surface area (Å²) >= 11 is 0. The van der Waals surface area contributed by atoms with E-state index in [0.717, 1.165) is 64.2 Å².